The van der Waals surface area contributed by atoms with E-state index in [-0.39, 0.29) is 6.04 Å². The molecule has 0 spiro atoms. The Morgan fingerprint density at radius 3 is 2.56 bits per heavy atom. The van der Waals surface area contributed by atoms with Crippen molar-refractivity contribution in [2.24, 2.45) is 0 Å². The first-order chi connectivity index (χ1) is 7.86. The van der Waals surface area contributed by atoms with Crippen molar-refractivity contribution < 1.29 is 0 Å². The Labute approximate surface area is 94.8 Å². The van der Waals surface area contributed by atoms with Crippen LogP contribution in [0.1, 0.15) is 24.2 Å². The van der Waals surface area contributed by atoms with Gasteiger partial charge >= 0.3 is 0 Å². The highest BCUT2D eigenvalue weighted by atomic mass is 14.9. The molecule has 1 atom stereocenters. The van der Waals surface area contributed by atoms with Crippen molar-refractivity contribution in [1.29, 1.82) is 0 Å². The van der Waals surface area contributed by atoms with E-state index in [0.29, 0.717) is 0 Å². The van der Waals surface area contributed by atoms with Gasteiger partial charge in [-0.1, -0.05) is 0 Å². The molecule has 0 radical (unpaired) electrons. The largest absolute Gasteiger partial charge is 0.305 e. The molecule has 0 amide bonds. The summed E-state index contributed by atoms with van der Waals surface area (Å²) in [7, 11) is 0. The fourth-order valence-electron chi connectivity index (χ4n) is 1.45. The first-order valence-corrected chi connectivity index (χ1v) is 5.24. The molecule has 16 heavy (non-hydrogen) atoms. The SMILES string of the molecule is CC(NCc1ccncn1)c1ccncc1. The van der Waals surface area contributed by atoms with Crippen LogP contribution in [0.3, 0.4) is 0 Å². The van der Waals surface area contributed by atoms with Gasteiger partial charge in [0.25, 0.3) is 0 Å². The molecule has 82 valence electrons. The van der Waals surface area contributed by atoms with Gasteiger partial charge in [0.05, 0.1) is 5.69 Å². The molecule has 0 aromatic carbocycles. The zero-order valence-electron chi connectivity index (χ0n) is 9.17. The quantitative estimate of drug-likeness (QED) is 0.842. The van der Waals surface area contributed by atoms with Crippen LogP contribution in [-0.2, 0) is 6.54 Å². The van der Waals surface area contributed by atoms with Crippen molar-refractivity contribution in [1.82, 2.24) is 20.3 Å². The van der Waals surface area contributed by atoms with E-state index in [4.69, 9.17) is 0 Å². The summed E-state index contributed by atoms with van der Waals surface area (Å²) in [5, 5.41) is 3.40. The first-order valence-electron chi connectivity index (χ1n) is 5.24. The number of nitrogens with zero attached hydrogens (tertiary/aromatic N) is 3. The lowest BCUT2D eigenvalue weighted by atomic mass is 10.1. The number of pyridine rings is 1. The van der Waals surface area contributed by atoms with Gasteiger partial charge in [-0.3, -0.25) is 4.98 Å². The van der Waals surface area contributed by atoms with E-state index < -0.39 is 0 Å². The first kappa shape index (κ1) is 10.7. The summed E-state index contributed by atoms with van der Waals surface area (Å²) in [6.07, 6.45) is 6.92. The van der Waals surface area contributed by atoms with Crippen LogP contribution in [0.25, 0.3) is 0 Å². The van der Waals surface area contributed by atoms with Crippen molar-refractivity contribution in [3.63, 3.8) is 0 Å². The molecule has 4 heteroatoms. The predicted octanol–water partition coefficient (Wildman–Crippen LogP) is 1.72. The monoisotopic (exact) mass is 214 g/mol. The molecule has 0 aliphatic rings. The highest BCUT2D eigenvalue weighted by Gasteiger charge is 2.03. The number of hydrogen-bond acceptors (Lipinski definition) is 4. The van der Waals surface area contributed by atoms with Crippen LogP contribution in [-0.4, -0.2) is 15.0 Å². The molecule has 2 aromatic heterocycles. The van der Waals surface area contributed by atoms with Crippen molar-refractivity contribution in [2.45, 2.75) is 19.5 Å². The van der Waals surface area contributed by atoms with Crippen LogP contribution in [0.15, 0.2) is 43.1 Å². The van der Waals surface area contributed by atoms with Crippen LogP contribution in [0.5, 0.6) is 0 Å². The third-order valence-corrected chi connectivity index (χ3v) is 2.44. The Kier molecular flexibility index (Phi) is 3.56. The van der Waals surface area contributed by atoms with E-state index in [2.05, 4.69) is 27.2 Å². The molecule has 2 rings (SSSR count). The van der Waals surface area contributed by atoms with Crippen molar-refractivity contribution >= 4 is 0 Å². The van der Waals surface area contributed by atoms with Crippen LogP contribution in [0.4, 0.5) is 0 Å². The molecule has 2 aromatic rings. The van der Waals surface area contributed by atoms with Gasteiger partial charge in [0.15, 0.2) is 0 Å². The Balaban J connectivity index is 1.92. The molecular weight excluding hydrogens is 200 g/mol. The van der Waals surface area contributed by atoms with E-state index in [1.807, 2.05) is 18.2 Å². The molecule has 0 bridgehead atoms. The second kappa shape index (κ2) is 5.32. The maximum atomic E-state index is 4.16. The van der Waals surface area contributed by atoms with Gasteiger partial charge in [0.2, 0.25) is 0 Å². The number of nitrogens with one attached hydrogen (secondary N) is 1. The smallest absolute Gasteiger partial charge is 0.115 e. The van der Waals surface area contributed by atoms with E-state index in [9.17, 15) is 0 Å². The highest BCUT2D eigenvalue weighted by Crippen LogP contribution is 2.10. The van der Waals surface area contributed by atoms with E-state index >= 15 is 0 Å². The third-order valence-electron chi connectivity index (χ3n) is 2.44. The van der Waals surface area contributed by atoms with Gasteiger partial charge in [0.1, 0.15) is 6.33 Å². The number of rotatable bonds is 4. The Hall–Kier alpha value is -1.81. The highest BCUT2D eigenvalue weighted by molar-refractivity contribution is 5.14. The molecule has 1 N–H and O–H groups in total. The minimum Gasteiger partial charge on any atom is -0.305 e. The minimum absolute atomic E-state index is 0.290. The molecule has 2 heterocycles. The molecule has 0 saturated heterocycles. The van der Waals surface area contributed by atoms with Gasteiger partial charge in [-0.15, -0.1) is 0 Å². The predicted molar refractivity (Wildman–Crippen MR) is 61.5 cm³/mol. The molecule has 0 aliphatic carbocycles. The molecular formula is C12H14N4. The molecule has 0 saturated carbocycles. The average molecular weight is 214 g/mol. The summed E-state index contributed by atoms with van der Waals surface area (Å²) < 4.78 is 0. The number of hydrogen-bond donors (Lipinski definition) is 1. The van der Waals surface area contributed by atoms with E-state index in [1.165, 1.54) is 5.56 Å². The standard InChI is InChI=1S/C12H14N4/c1-10(11-2-5-13-6-3-11)15-8-12-4-7-14-9-16-12/h2-7,9-10,15H,8H2,1H3. The zero-order chi connectivity index (χ0) is 11.2. The van der Waals surface area contributed by atoms with Crippen LogP contribution >= 0.6 is 0 Å². The second-order valence-electron chi connectivity index (χ2n) is 3.58. The van der Waals surface area contributed by atoms with Crippen molar-refractivity contribution in [2.75, 3.05) is 0 Å². The van der Waals surface area contributed by atoms with Gasteiger partial charge < -0.3 is 5.32 Å². The van der Waals surface area contributed by atoms with Gasteiger partial charge in [-0.2, -0.15) is 0 Å². The van der Waals surface area contributed by atoms with Gasteiger partial charge in [0, 0.05) is 31.2 Å². The van der Waals surface area contributed by atoms with E-state index in [0.717, 1.165) is 12.2 Å². The zero-order valence-corrected chi connectivity index (χ0v) is 9.17. The number of aromatic nitrogens is 3. The van der Waals surface area contributed by atoms with Gasteiger partial charge in [-0.05, 0) is 30.7 Å². The molecule has 0 fully saturated rings. The van der Waals surface area contributed by atoms with E-state index in [1.54, 1.807) is 24.9 Å². The third kappa shape index (κ3) is 2.84. The van der Waals surface area contributed by atoms with Crippen LogP contribution < -0.4 is 5.32 Å². The molecule has 0 aliphatic heterocycles. The summed E-state index contributed by atoms with van der Waals surface area (Å²) in [6.45, 7) is 2.86. The maximum Gasteiger partial charge on any atom is 0.115 e. The fraction of sp³-hybridized carbons (Fsp3) is 0.250. The fourth-order valence-corrected chi connectivity index (χ4v) is 1.45. The molecule has 1 unspecified atom stereocenters. The lowest BCUT2D eigenvalue weighted by Gasteiger charge is -2.13. The summed E-state index contributed by atoms with van der Waals surface area (Å²) in [5.74, 6) is 0. The summed E-state index contributed by atoms with van der Waals surface area (Å²) in [5.41, 5.74) is 2.22. The lowest BCUT2D eigenvalue weighted by Crippen LogP contribution is -2.18. The molecule has 4 nitrogen and oxygen atoms in total. The Morgan fingerprint density at radius 1 is 1.12 bits per heavy atom. The topological polar surface area (TPSA) is 50.7 Å². The van der Waals surface area contributed by atoms with Gasteiger partial charge in [-0.25, -0.2) is 9.97 Å². The van der Waals surface area contributed by atoms with Crippen molar-refractivity contribution in [3.05, 3.63) is 54.4 Å². The average Bonchev–Trinajstić information content (AvgIpc) is 2.38. The maximum absolute atomic E-state index is 4.16. The summed E-state index contributed by atoms with van der Waals surface area (Å²) in [6, 6.07) is 6.22. The lowest BCUT2D eigenvalue weighted by molar-refractivity contribution is 0.566. The minimum atomic E-state index is 0.290. The Bertz CT molecular complexity index is 416. The van der Waals surface area contributed by atoms with Crippen LogP contribution in [0.2, 0.25) is 0 Å². The summed E-state index contributed by atoms with van der Waals surface area (Å²) in [4.78, 5) is 12.0. The normalized spacial score (nSPS) is 12.3. The van der Waals surface area contributed by atoms with Crippen molar-refractivity contribution in [3.8, 4) is 0 Å². The van der Waals surface area contributed by atoms with Crippen LogP contribution in [0, 0.1) is 0 Å². The Morgan fingerprint density at radius 2 is 1.88 bits per heavy atom. The second-order valence-corrected chi connectivity index (χ2v) is 3.58. The summed E-state index contributed by atoms with van der Waals surface area (Å²) >= 11 is 0.